The van der Waals surface area contributed by atoms with Crippen molar-refractivity contribution in [3.8, 4) is 0 Å². The average Bonchev–Trinajstić information content (AvgIpc) is 3.03. The second kappa shape index (κ2) is 7.26. The zero-order valence-corrected chi connectivity index (χ0v) is 15.5. The van der Waals surface area contributed by atoms with Crippen molar-refractivity contribution in [1.29, 1.82) is 0 Å². The minimum Gasteiger partial charge on any atom is -0.364 e. The second-order valence-electron chi connectivity index (χ2n) is 7.51. The molecule has 0 aliphatic carbocycles. The summed E-state index contributed by atoms with van der Waals surface area (Å²) in [6, 6.07) is 18.5. The van der Waals surface area contributed by atoms with Gasteiger partial charge < -0.3 is 4.74 Å². The Morgan fingerprint density at radius 3 is 2.21 bits per heavy atom. The van der Waals surface area contributed by atoms with E-state index in [1.54, 1.807) is 0 Å². The fraction of sp³-hybridized carbons (Fsp3) is 0.429. The van der Waals surface area contributed by atoms with E-state index in [0.717, 1.165) is 30.1 Å². The molecule has 0 bridgehead atoms. The largest absolute Gasteiger partial charge is 0.364 e. The summed E-state index contributed by atoms with van der Waals surface area (Å²) in [5.74, 6) is 0. The van der Waals surface area contributed by atoms with Gasteiger partial charge in [-0.25, -0.2) is 0 Å². The normalized spacial score (nSPS) is 20.2. The van der Waals surface area contributed by atoms with Crippen molar-refractivity contribution < 1.29 is 4.74 Å². The minimum absolute atomic E-state index is 0.0478. The van der Waals surface area contributed by atoms with E-state index in [9.17, 15) is 0 Å². The molecule has 0 saturated carbocycles. The first-order valence-corrected chi connectivity index (χ1v) is 9.02. The molecule has 1 fully saturated rings. The fourth-order valence-electron chi connectivity index (χ4n) is 3.26. The summed E-state index contributed by atoms with van der Waals surface area (Å²) in [5.41, 5.74) is 2.54. The van der Waals surface area contributed by atoms with Gasteiger partial charge in [0, 0.05) is 23.7 Å². The first kappa shape index (κ1) is 17.5. The van der Waals surface area contributed by atoms with Gasteiger partial charge in [-0.1, -0.05) is 54.1 Å². The van der Waals surface area contributed by atoms with E-state index >= 15 is 0 Å². The van der Waals surface area contributed by atoms with E-state index in [4.69, 9.17) is 16.3 Å². The summed E-state index contributed by atoms with van der Waals surface area (Å²) in [7, 11) is 0. The van der Waals surface area contributed by atoms with Crippen molar-refractivity contribution in [2.45, 2.75) is 44.9 Å². The summed E-state index contributed by atoms with van der Waals surface area (Å²) >= 11 is 6.05. The molecule has 2 atom stereocenters. The van der Waals surface area contributed by atoms with Crippen molar-refractivity contribution in [2.24, 2.45) is 0 Å². The highest BCUT2D eigenvalue weighted by Crippen LogP contribution is 2.31. The third-order valence-corrected chi connectivity index (χ3v) is 4.95. The van der Waals surface area contributed by atoms with E-state index in [1.807, 2.05) is 18.2 Å². The van der Waals surface area contributed by atoms with E-state index in [-0.39, 0.29) is 17.7 Å². The maximum atomic E-state index is 6.56. The van der Waals surface area contributed by atoms with Gasteiger partial charge in [-0.05, 0) is 50.5 Å². The lowest BCUT2D eigenvalue weighted by molar-refractivity contribution is 0.00831. The van der Waals surface area contributed by atoms with Crippen LogP contribution in [0.15, 0.2) is 54.6 Å². The Morgan fingerprint density at radius 2 is 1.62 bits per heavy atom. The molecule has 2 aromatic carbocycles. The molecule has 0 spiro atoms. The van der Waals surface area contributed by atoms with Crippen LogP contribution in [0.25, 0.3) is 0 Å². The number of rotatable bonds is 4. The first-order valence-electron chi connectivity index (χ1n) is 8.64. The zero-order chi connectivity index (χ0) is 17.2. The van der Waals surface area contributed by atoms with Crippen LogP contribution in [0.4, 0.5) is 0 Å². The van der Waals surface area contributed by atoms with E-state index < -0.39 is 0 Å². The second-order valence-corrected chi connectivity index (χ2v) is 7.94. The van der Waals surface area contributed by atoms with Gasteiger partial charge in [0.1, 0.15) is 6.10 Å². The van der Waals surface area contributed by atoms with Crippen molar-refractivity contribution in [3.05, 3.63) is 70.7 Å². The molecule has 24 heavy (non-hydrogen) atoms. The number of hydrogen-bond acceptors (Lipinski definition) is 2. The molecule has 128 valence electrons. The van der Waals surface area contributed by atoms with Crippen LogP contribution in [-0.2, 0) is 4.74 Å². The summed E-state index contributed by atoms with van der Waals surface area (Å²) in [4.78, 5) is 2.50. The quantitative estimate of drug-likeness (QED) is 0.745. The van der Waals surface area contributed by atoms with Crippen molar-refractivity contribution in [2.75, 3.05) is 13.1 Å². The van der Waals surface area contributed by atoms with Crippen LogP contribution in [-0.4, -0.2) is 29.6 Å². The summed E-state index contributed by atoms with van der Waals surface area (Å²) in [5, 5.41) is 0.755. The maximum Gasteiger partial charge on any atom is 0.108 e. The molecule has 2 nitrogen and oxygen atoms in total. The monoisotopic (exact) mass is 343 g/mol. The summed E-state index contributed by atoms with van der Waals surface area (Å²) in [6.07, 6.45) is 1.28. The third-order valence-electron chi connectivity index (χ3n) is 4.70. The predicted octanol–water partition coefficient (Wildman–Crippen LogP) is 5.32. The molecule has 2 aromatic rings. The number of ether oxygens (including phenoxy) is 1. The van der Waals surface area contributed by atoms with Gasteiger partial charge >= 0.3 is 0 Å². The van der Waals surface area contributed by atoms with Gasteiger partial charge in [0.15, 0.2) is 0 Å². The number of nitrogens with zero attached hydrogens (tertiary/aromatic N) is 1. The first-order chi connectivity index (χ1) is 11.4. The number of halogens is 1. The Hall–Kier alpha value is -1.35. The Bertz CT molecular complexity index is 648. The van der Waals surface area contributed by atoms with Crippen LogP contribution < -0.4 is 0 Å². The van der Waals surface area contributed by atoms with Gasteiger partial charge in [0.05, 0.1) is 6.10 Å². The number of benzene rings is 2. The minimum atomic E-state index is -0.0478. The van der Waals surface area contributed by atoms with Gasteiger partial charge in [-0.2, -0.15) is 0 Å². The maximum absolute atomic E-state index is 6.56. The highest BCUT2D eigenvalue weighted by Gasteiger charge is 2.32. The lowest BCUT2D eigenvalue weighted by Crippen LogP contribution is -2.40. The standard InChI is InChI=1S/C21H26ClNO/c1-21(2,3)23-14-13-19(15-23)24-20(16-7-5-4-6-8-16)17-9-11-18(22)12-10-17/h4-12,19-20H,13-15H2,1-3H3/t19-,20+/m1/s1. The Labute approximate surface area is 150 Å². The molecule has 3 heteroatoms. The zero-order valence-electron chi connectivity index (χ0n) is 14.7. The van der Waals surface area contributed by atoms with Crippen molar-refractivity contribution in [1.82, 2.24) is 4.90 Å². The van der Waals surface area contributed by atoms with Crippen LogP contribution in [0.5, 0.6) is 0 Å². The smallest absolute Gasteiger partial charge is 0.108 e. The highest BCUT2D eigenvalue weighted by atomic mass is 35.5. The number of likely N-dealkylation sites (tertiary alicyclic amines) is 1. The van der Waals surface area contributed by atoms with Crippen LogP contribution >= 0.6 is 11.6 Å². The lowest BCUT2D eigenvalue weighted by Gasteiger charge is -2.32. The average molecular weight is 344 g/mol. The highest BCUT2D eigenvalue weighted by molar-refractivity contribution is 6.30. The molecule has 3 rings (SSSR count). The fourth-order valence-corrected chi connectivity index (χ4v) is 3.38. The molecule has 0 aromatic heterocycles. The topological polar surface area (TPSA) is 12.5 Å². The molecule has 1 aliphatic rings. The molecule has 0 radical (unpaired) electrons. The van der Waals surface area contributed by atoms with Crippen molar-refractivity contribution >= 4 is 11.6 Å². The predicted molar refractivity (Wildman–Crippen MR) is 101 cm³/mol. The number of hydrogen-bond donors (Lipinski definition) is 0. The molecule has 1 saturated heterocycles. The van der Waals surface area contributed by atoms with Crippen LogP contribution in [0.2, 0.25) is 5.02 Å². The van der Waals surface area contributed by atoms with Crippen LogP contribution in [0.3, 0.4) is 0 Å². The van der Waals surface area contributed by atoms with Gasteiger partial charge in [0.2, 0.25) is 0 Å². The van der Waals surface area contributed by atoms with Crippen LogP contribution in [0.1, 0.15) is 44.4 Å². The van der Waals surface area contributed by atoms with E-state index in [1.165, 1.54) is 5.56 Å². The van der Waals surface area contributed by atoms with Gasteiger partial charge in [0.25, 0.3) is 0 Å². The Morgan fingerprint density at radius 1 is 1.00 bits per heavy atom. The molecule has 1 aliphatic heterocycles. The Kier molecular flexibility index (Phi) is 5.29. The van der Waals surface area contributed by atoms with Crippen molar-refractivity contribution in [3.63, 3.8) is 0 Å². The SMILES string of the molecule is CC(C)(C)N1CC[C@@H](O[C@@H](c2ccccc2)c2ccc(Cl)cc2)C1. The molecule has 1 heterocycles. The molecule has 0 N–H and O–H groups in total. The van der Waals surface area contributed by atoms with Gasteiger partial charge in [-0.15, -0.1) is 0 Å². The van der Waals surface area contributed by atoms with E-state index in [0.29, 0.717) is 0 Å². The molecule has 0 amide bonds. The van der Waals surface area contributed by atoms with Gasteiger partial charge in [-0.3, -0.25) is 4.90 Å². The van der Waals surface area contributed by atoms with E-state index in [2.05, 4.69) is 62.1 Å². The molecular formula is C21H26ClNO. The Balaban J connectivity index is 1.80. The lowest BCUT2D eigenvalue weighted by atomic mass is 10.0. The molecular weight excluding hydrogens is 318 g/mol. The summed E-state index contributed by atoms with van der Waals surface area (Å²) < 4.78 is 6.56. The van der Waals surface area contributed by atoms with Crippen LogP contribution in [0, 0.1) is 0 Å². The summed E-state index contributed by atoms with van der Waals surface area (Å²) in [6.45, 7) is 8.88. The third kappa shape index (κ3) is 4.18. The molecule has 0 unspecified atom stereocenters.